The lowest BCUT2D eigenvalue weighted by molar-refractivity contribution is -0.143. The number of rotatable bonds is 6. The van der Waals surface area contributed by atoms with Crippen LogP contribution in [0, 0.1) is 5.92 Å². The molecule has 0 aliphatic carbocycles. The highest BCUT2D eigenvalue weighted by Crippen LogP contribution is 2.42. The first-order valence-corrected chi connectivity index (χ1v) is 10.1. The van der Waals surface area contributed by atoms with Gasteiger partial charge in [-0.25, -0.2) is 0 Å². The van der Waals surface area contributed by atoms with Crippen LogP contribution in [0.2, 0.25) is 5.02 Å². The normalized spacial score (nSPS) is 18.5. The molecule has 1 aliphatic rings. The molecule has 9 heteroatoms. The van der Waals surface area contributed by atoms with E-state index in [4.69, 9.17) is 21.1 Å². The van der Waals surface area contributed by atoms with Gasteiger partial charge in [-0.2, -0.15) is 13.2 Å². The molecule has 0 aromatic heterocycles. The average Bonchev–Trinajstić information content (AvgIpc) is 2.74. The topological polar surface area (TPSA) is 59.0 Å². The van der Waals surface area contributed by atoms with Crippen molar-refractivity contribution in [3.8, 4) is 11.5 Å². The minimum Gasteiger partial charge on any atom is -0.497 e. The molecule has 0 spiro atoms. The minimum absolute atomic E-state index is 0.199. The van der Waals surface area contributed by atoms with Gasteiger partial charge in [0, 0.05) is 12.1 Å². The summed E-state index contributed by atoms with van der Waals surface area (Å²) < 4.78 is 51.4. The molecule has 2 unspecified atom stereocenters. The van der Waals surface area contributed by atoms with Crippen LogP contribution in [0.5, 0.6) is 11.5 Å². The molecule has 3 rings (SSSR count). The number of benzene rings is 2. The van der Waals surface area contributed by atoms with Crippen molar-refractivity contribution in [2.75, 3.05) is 27.3 Å². The highest BCUT2D eigenvalue weighted by atomic mass is 35.5. The molecule has 2 aromatic carbocycles. The van der Waals surface area contributed by atoms with Gasteiger partial charge in [-0.3, -0.25) is 9.69 Å². The van der Waals surface area contributed by atoms with Gasteiger partial charge in [0.05, 0.1) is 36.8 Å². The second-order valence-corrected chi connectivity index (χ2v) is 7.83. The van der Waals surface area contributed by atoms with Crippen molar-refractivity contribution in [2.45, 2.75) is 25.1 Å². The summed E-state index contributed by atoms with van der Waals surface area (Å²) in [4.78, 5) is 13.5. The fraction of sp³-hybridized carbons (Fsp3) is 0.409. The van der Waals surface area contributed by atoms with Crippen LogP contribution in [0.1, 0.15) is 35.6 Å². The molecule has 2 atom stereocenters. The summed E-state index contributed by atoms with van der Waals surface area (Å²) in [6.45, 7) is 0.725. The van der Waals surface area contributed by atoms with Crippen LogP contribution >= 0.6 is 11.6 Å². The number of ether oxygens (including phenoxy) is 2. The van der Waals surface area contributed by atoms with Crippen molar-refractivity contribution in [2.24, 2.45) is 5.92 Å². The number of methoxy groups -OCH3 is 2. The summed E-state index contributed by atoms with van der Waals surface area (Å²) in [6.07, 6.45) is -3.50. The van der Waals surface area contributed by atoms with E-state index in [-0.39, 0.29) is 6.54 Å². The molecule has 168 valence electrons. The van der Waals surface area contributed by atoms with Crippen molar-refractivity contribution in [3.63, 3.8) is 0 Å². The van der Waals surface area contributed by atoms with Crippen molar-refractivity contribution in [1.82, 2.24) is 4.90 Å². The Morgan fingerprint density at radius 1 is 1.19 bits per heavy atom. The third-order valence-electron chi connectivity index (χ3n) is 5.51. The largest absolute Gasteiger partial charge is 0.497 e. The Balaban J connectivity index is 2.18. The Bertz CT molecular complexity index is 951. The molecular weight excluding hydrogens is 435 g/mol. The number of nitrogens with zero attached hydrogens (tertiary/aromatic N) is 1. The predicted molar refractivity (Wildman–Crippen MR) is 110 cm³/mol. The zero-order valence-electron chi connectivity index (χ0n) is 17.1. The van der Waals surface area contributed by atoms with E-state index >= 15 is 0 Å². The van der Waals surface area contributed by atoms with E-state index in [0.29, 0.717) is 42.0 Å². The maximum atomic E-state index is 13.5. The van der Waals surface area contributed by atoms with E-state index in [0.717, 1.165) is 6.07 Å². The van der Waals surface area contributed by atoms with Crippen molar-refractivity contribution in [1.29, 1.82) is 0 Å². The average molecular weight is 458 g/mol. The minimum atomic E-state index is -4.62. The van der Waals surface area contributed by atoms with Crippen molar-refractivity contribution < 1.29 is 32.5 Å². The van der Waals surface area contributed by atoms with Gasteiger partial charge in [0.1, 0.15) is 11.5 Å². The second kappa shape index (κ2) is 9.36. The predicted octanol–water partition coefficient (Wildman–Crippen LogP) is 5.26. The summed E-state index contributed by atoms with van der Waals surface area (Å²) >= 11 is 5.83. The van der Waals surface area contributed by atoms with Gasteiger partial charge >= 0.3 is 12.1 Å². The summed E-state index contributed by atoms with van der Waals surface area (Å²) in [5.74, 6) is -0.556. The summed E-state index contributed by atoms with van der Waals surface area (Å²) in [6, 6.07) is 8.18. The number of hydrogen-bond acceptors (Lipinski definition) is 4. The maximum absolute atomic E-state index is 13.5. The highest BCUT2D eigenvalue weighted by Gasteiger charge is 2.37. The van der Waals surface area contributed by atoms with E-state index in [2.05, 4.69) is 0 Å². The number of carbonyl (C=O) groups is 1. The van der Waals surface area contributed by atoms with E-state index in [1.165, 1.54) is 26.4 Å². The number of hydrogen-bond donors (Lipinski definition) is 1. The van der Waals surface area contributed by atoms with Crippen LogP contribution in [-0.4, -0.2) is 43.3 Å². The number of carboxylic acid groups (broad SMARTS) is 1. The number of aliphatic carboxylic acids is 1. The quantitative estimate of drug-likeness (QED) is 0.641. The number of halogens is 4. The molecular formula is C22H23ClF3NO4. The lowest BCUT2D eigenvalue weighted by atomic mass is 9.90. The zero-order chi connectivity index (χ0) is 22.8. The second-order valence-electron chi connectivity index (χ2n) is 7.42. The molecule has 1 saturated heterocycles. The standard InChI is InChI=1S/C22H23ClF3NO4/c1-30-15-6-8-19(31-2)16(11-15)20(27-9-3-4-14(12-27)21(28)29)13-5-7-18(23)17(10-13)22(24,25)26/h5-8,10-11,14,20H,3-4,9,12H2,1-2H3,(H,28,29). The van der Waals surface area contributed by atoms with Gasteiger partial charge in [-0.1, -0.05) is 17.7 Å². The molecule has 0 saturated carbocycles. The third-order valence-corrected chi connectivity index (χ3v) is 5.84. The van der Waals surface area contributed by atoms with Crippen LogP contribution in [0.4, 0.5) is 13.2 Å². The van der Waals surface area contributed by atoms with Gasteiger partial charge in [-0.05, 0) is 55.3 Å². The maximum Gasteiger partial charge on any atom is 0.417 e. The molecule has 1 N–H and O–H groups in total. The highest BCUT2D eigenvalue weighted by molar-refractivity contribution is 6.31. The van der Waals surface area contributed by atoms with E-state index in [1.807, 2.05) is 4.90 Å². The molecule has 5 nitrogen and oxygen atoms in total. The van der Waals surface area contributed by atoms with Crippen LogP contribution in [0.3, 0.4) is 0 Å². The zero-order valence-corrected chi connectivity index (χ0v) is 17.8. The van der Waals surface area contributed by atoms with Gasteiger partial charge < -0.3 is 14.6 Å². The van der Waals surface area contributed by atoms with E-state index in [9.17, 15) is 23.1 Å². The van der Waals surface area contributed by atoms with Crippen LogP contribution in [0.15, 0.2) is 36.4 Å². The first-order valence-electron chi connectivity index (χ1n) is 9.71. The van der Waals surface area contributed by atoms with Gasteiger partial charge in [0.2, 0.25) is 0 Å². The smallest absolute Gasteiger partial charge is 0.417 e. The summed E-state index contributed by atoms with van der Waals surface area (Å²) in [7, 11) is 2.97. The number of likely N-dealkylation sites (tertiary alicyclic amines) is 1. The van der Waals surface area contributed by atoms with E-state index < -0.39 is 34.7 Å². The number of alkyl halides is 3. The van der Waals surface area contributed by atoms with Crippen molar-refractivity contribution in [3.05, 3.63) is 58.1 Å². The Morgan fingerprint density at radius 3 is 2.55 bits per heavy atom. The first kappa shape index (κ1) is 23.2. The molecule has 0 radical (unpaired) electrons. The lowest BCUT2D eigenvalue weighted by Gasteiger charge is -2.38. The molecule has 2 aromatic rings. The first-order chi connectivity index (χ1) is 14.7. The summed E-state index contributed by atoms with van der Waals surface area (Å²) in [5, 5.41) is 9.12. The lowest BCUT2D eigenvalue weighted by Crippen LogP contribution is -2.41. The number of piperidine rings is 1. The Morgan fingerprint density at radius 2 is 1.94 bits per heavy atom. The fourth-order valence-corrected chi connectivity index (χ4v) is 4.24. The number of carboxylic acids is 1. The Kier molecular flexibility index (Phi) is 7.01. The SMILES string of the molecule is COc1ccc(OC)c(C(c2ccc(Cl)c(C(F)(F)F)c2)N2CCCC(C(=O)O)C2)c1. The monoisotopic (exact) mass is 457 g/mol. The molecule has 1 aliphatic heterocycles. The van der Waals surface area contributed by atoms with Crippen LogP contribution < -0.4 is 9.47 Å². The summed E-state index contributed by atoms with van der Waals surface area (Å²) in [5.41, 5.74) is -0.0111. The van der Waals surface area contributed by atoms with Crippen LogP contribution in [0.25, 0.3) is 0 Å². The van der Waals surface area contributed by atoms with Crippen molar-refractivity contribution >= 4 is 17.6 Å². The van der Waals surface area contributed by atoms with Crippen LogP contribution in [-0.2, 0) is 11.0 Å². The molecule has 0 bridgehead atoms. The molecule has 1 fully saturated rings. The fourth-order valence-electron chi connectivity index (χ4n) is 4.01. The Hall–Kier alpha value is -2.45. The molecule has 0 amide bonds. The van der Waals surface area contributed by atoms with E-state index in [1.54, 1.807) is 18.2 Å². The molecule has 1 heterocycles. The Labute approximate surface area is 183 Å². The van der Waals surface area contributed by atoms with Gasteiger partial charge in [-0.15, -0.1) is 0 Å². The third kappa shape index (κ3) is 5.07. The molecule has 31 heavy (non-hydrogen) atoms. The van der Waals surface area contributed by atoms with Gasteiger partial charge in [0.25, 0.3) is 0 Å². The van der Waals surface area contributed by atoms with Gasteiger partial charge in [0.15, 0.2) is 0 Å².